The van der Waals surface area contributed by atoms with Gasteiger partial charge in [0.15, 0.2) is 33.0 Å². The maximum absolute atomic E-state index is 15.1. The van der Waals surface area contributed by atoms with E-state index >= 15 is 8.78 Å². The number of carbonyl (C=O) groups is 5. The lowest BCUT2D eigenvalue weighted by Crippen LogP contribution is -2.60. The molecule has 17 heteroatoms. The van der Waals surface area contributed by atoms with Crippen LogP contribution in [0.25, 0.3) is 0 Å². The number of carbonyl (C=O) groups excluding carboxylic acids is 4. The minimum atomic E-state index is -2.77. The number of phenols is 1. The van der Waals surface area contributed by atoms with Gasteiger partial charge in [-0.1, -0.05) is 29.3 Å². The highest BCUT2D eigenvalue weighted by atomic mass is 35.5. The second kappa shape index (κ2) is 10.6. The van der Waals surface area contributed by atoms with E-state index in [1.54, 1.807) is 0 Å². The van der Waals surface area contributed by atoms with Crippen molar-refractivity contribution in [3.05, 3.63) is 69.5 Å². The van der Waals surface area contributed by atoms with Crippen LogP contribution in [0, 0.1) is 46.8 Å². The number of halogens is 8. The topological polar surface area (TPSA) is 132 Å². The van der Waals surface area contributed by atoms with Gasteiger partial charge in [-0.3, -0.25) is 28.9 Å². The number of imide groups is 2. The summed E-state index contributed by atoms with van der Waals surface area (Å²) in [6.07, 6.45) is 0.0504. The highest BCUT2D eigenvalue weighted by molar-refractivity contribution is 6.58. The highest BCUT2D eigenvalue weighted by Gasteiger charge is 2.77. The van der Waals surface area contributed by atoms with Gasteiger partial charge in [-0.2, -0.15) is 0 Å². The van der Waals surface area contributed by atoms with Crippen molar-refractivity contribution in [3.63, 3.8) is 0 Å². The molecule has 0 aromatic heterocycles. The van der Waals surface area contributed by atoms with Crippen LogP contribution in [-0.4, -0.2) is 61.0 Å². The predicted molar refractivity (Wildman–Crippen MR) is 149 cm³/mol. The molecule has 2 aliphatic heterocycles. The number of nitrogens with zero attached hydrogens (tertiary/aromatic N) is 2. The van der Waals surface area contributed by atoms with Gasteiger partial charge in [-0.25, -0.2) is 26.9 Å². The quantitative estimate of drug-likeness (QED) is 0.114. The second-order valence-electron chi connectivity index (χ2n) is 11.4. The van der Waals surface area contributed by atoms with Gasteiger partial charge in [0.1, 0.15) is 11.4 Å². The van der Waals surface area contributed by atoms with Crippen molar-refractivity contribution in [2.75, 3.05) is 11.4 Å². The first kappa shape index (κ1) is 32.2. The van der Waals surface area contributed by atoms with E-state index in [0.29, 0.717) is 0 Å². The smallest absolute Gasteiger partial charge is 0.305 e. The third-order valence-electron chi connectivity index (χ3n) is 9.16. The Labute approximate surface area is 270 Å². The number of anilines is 1. The van der Waals surface area contributed by atoms with Crippen LogP contribution in [0.4, 0.5) is 27.6 Å². The number of aromatic hydroxyl groups is 1. The lowest BCUT2D eigenvalue weighted by Gasteiger charge is -2.50. The molecule has 2 N–H and O–H groups in total. The van der Waals surface area contributed by atoms with Crippen molar-refractivity contribution in [2.45, 2.75) is 34.9 Å². The van der Waals surface area contributed by atoms with Gasteiger partial charge in [0, 0.05) is 17.5 Å². The largest absolute Gasteiger partial charge is 0.508 e. The molecule has 3 fully saturated rings. The zero-order chi connectivity index (χ0) is 33.8. The molecule has 4 amide bonds. The van der Waals surface area contributed by atoms with Crippen LogP contribution in [0.2, 0.25) is 5.02 Å². The molecule has 4 aliphatic rings. The Balaban J connectivity index is 1.57. The number of carboxylic acid groups (broad SMARTS) is 1. The molecular weight excluding hydrogens is 690 g/mol. The summed E-state index contributed by atoms with van der Waals surface area (Å²) in [6, 6.07) is 3.39. The van der Waals surface area contributed by atoms with Gasteiger partial charge in [-0.15, -0.1) is 23.2 Å². The summed E-state index contributed by atoms with van der Waals surface area (Å²) in [6.45, 7) is -0.466. The van der Waals surface area contributed by atoms with E-state index in [9.17, 15) is 42.3 Å². The van der Waals surface area contributed by atoms with Crippen molar-refractivity contribution < 1.29 is 56.1 Å². The molecule has 2 aromatic rings. The summed E-state index contributed by atoms with van der Waals surface area (Å²) in [4.78, 5) is 61.2. The van der Waals surface area contributed by atoms with Gasteiger partial charge in [0.2, 0.25) is 17.6 Å². The number of carboxylic acids is 1. The number of hydrogen-bond donors (Lipinski definition) is 2. The van der Waals surface area contributed by atoms with Crippen molar-refractivity contribution in [3.8, 4) is 5.75 Å². The van der Waals surface area contributed by atoms with Crippen LogP contribution in [0.3, 0.4) is 0 Å². The van der Waals surface area contributed by atoms with E-state index in [4.69, 9.17) is 39.9 Å². The summed E-state index contributed by atoms with van der Waals surface area (Å²) in [5, 5.41) is 18.9. The number of benzene rings is 2. The van der Waals surface area contributed by atoms with Crippen LogP contribution < -0.4 is 4.90 Å². The minimum absolute atomic E-state index is 0.0613. The number of aliphatic carboxylic acids is 1. The highest BCUT2D eigenvalue weighted by Crippen LogP contribution is 2.66. The van der Waals surface area contributed by atoms with E-state index in [-0.39, 0.29) is 33.2 Å². The van der Waals surface area contributed by atoms with Crippen LogP contribution in [0.15, 0.2) is 29.8 Å². The first-order valence-corrected chi connectivity index (χ1v) is 14.7. The number of hydrogen-bond acceptors (Lipinski definition) is 6. The molecule has 0 radical (unpaired) electrons. The number of allylic oxidation sites excluding steroid dienone is 2. The van der Waals surface area contributed by atoms with Crippen molar-refractivity contribution >= 4 is 70.1 Å². The van der Waals surface area contributed by atoms with Crippen molar-refractivity contribution in [1.82, 2.24) is 4.90 Å². The summed E-state index contributed by atoms with van der Waals surface area (Å²) >= 11 is 20.4. The number of likely N-dealkylation sites (tertiary alicyclic amines) is 1. The van der Waals surface area contributed by atoms with Crippen LogP contribution in [0.5, 0.6) is 5.75 Å². The average Bonchev–Trinajstić information content (AvgIpc) is 3.32. The van der Waals surface area contributed by atoms with Crippen LogP contribution in [-0.2, 0) is 24.0 Å². The van der Waals surface area contributed by atoms with E-state index in [2.05, 4.69) is 0 Å². The first-order valence-electron chi connectivity index (χ1n) is 13.5. The van der Waals surface area contributed by atoms with Gasteiger partial charge in [-0.05, 0) is 36.5 Å². The fraction of sp³-hybridized carbons (Fsp3) is 0.345. The Hall–Kier alpha value is -3.75. The molecule has 2 aromatic carbocycles. The molecule has 1 saturated carbocycles. The monoisotopic (exact) mass is 706 g/mol. The lowest BCUT2D eigenvalue weighted by molar-refractivity contribution is -0.142. The van der Waals surface area contributed by atoms with Crippen molar-refractivity contribution in [2.24, 2.45) is 17.8 Å². The number of alkyl halides is 2. The molecule has 2 heterocycles. The third-order valence-corrected chi connectivity index (χ3v) is 10.9. The normalized spacial score (nSPS) is 30.4. The van der Waals surface area contributed by atoms with Gasteiger partial charge in [0.25, 0.3) is 11.8 Å². The Morgan fingerprint density at radius 2 is 1.52 bits per heavy atom. The van der Waals surface area contributed by atoms with Crippen LogP contribution >= 0.6 is 34.8 Å². The standard InChI is InChI=1S/C29H18Cl3F5N2O7/c30-14-7-9(40)1-2-11(14)17-10-3-4-12-16(25(44)38(24(12)43)6-5-15(41)42)13(10)8-28(31)26(45)39(27(46)29(17,28)32)23-21(36)19(34)18(33)20(35)22(23)37/h1-3,7,12-13,16-17,40H,4-6,8H2,(H,41,42)/t12-,13+,16-,17+,28+,29-/m0/s1. The summed E-state index contributed by atoms with van der Waals surface area (Å²) in [7, 11) is 0. The molecule has 0 bridgehead atoms. The number of fused-ring (bicyclic) bond motifs is 4. The van der Waals surface area contributed by atoms with E-state index in [1.165, 1.54) is 12.1 Å². The minimum Gasteiger partial charge on any atom is -0.508 e. The molecule has 2 aliphatic carbocycles. The number of phenolic OH excluding ortho intramolecular Hbond substituents is 1. The van der Waals surface area contributed by atoms with Gasteiger partial charge in [0.05, 0.1) is 18.3 Å². The van der Waals surface area contributed by atoms with E-state index in [1.807, 2.05) is 0 Å². The average molecular weight is 708 g/mol. The fourth-order valence-corrected chi connectivity index (χ4v) is 8.37. The number of amides is 4. The second-order valence-corrected chi connectivity index (χ2v) is 13.0. The molecule has 6 atom stereocenters. The molecule has 0 spiro atoms. The number of rotatable bonds is 5. The van der Waals surface area contributed by atoms with E-state index < -0.39 is 117 Å². The zero-order valence-corrected chi connectivity index (χ0v) is 25.1. The lowest BCUT2D eigenvalue weighted by atomic mass is 9.56. The first-order chi connectivity index (χ1) is 21.5. The third kappa shape index (κ3) is 4.08. The molecule has 242 valence electrons. The molecule has 6 rings (SSSR count). The molecule has 2 saturated heterocycles. The van der Waals surface area contributed by atoms with Crippen LogP contribution in [0.1, 0.15) is 30.7 Å². The molecule has 0 unspecified atom stereocenters. The Kier molecular flexibility index (Phi) is 7.45. The fourth-order valence-electron chi connectivity index (χ4n) is 7.16. The van der Waals surface area contributed by atoms with Crippen molar-refractivity contribution in [1.29, 1.82) is 0 Å². The predicted octanol–water partition coefficient (Wildman–Crippen LogP) is 4.78. The Bertz CT molecular complexity index is 1810. The maximum atomic E-state index is 15.1. The SMILES string of the molecule is O=C(O)CCN1C(=O)[C@H]2[C@H](CC=C3[C@H]2C[C@@]2(Cl)C(=O)N(c4c(F)c(F)c(F)c(F)c4F)C(=O)[C@@]2(Cl)[C@H]3c2ccc(O)cc2Cl)C1=O. The molecule has 9 nitrogen and oxygen atoms in total. The molecular formula is C29H18Cl3F5N2O7. The summed E-state index contributed by atoms with van der Waals surface area (Å²) in [5.41, 5.74) is -1.83. The Morgan fingerprint density at radius 1 is 0.913 bits per heavy atom. The molecule has 46 heavy (non-hydrogen) atoms. The van der Waals surface area contributed by atoms with Gasteiger partial charge >= 0.3 is 5.97 Å². The van der Waals surface area contributed by atoms with Gasteiger partial charge < -0.3 is 10.2 Å². The summed E-state index contributed by atoms with van der Waals surface area (Å²) in [5.74, 6) is -24.1. The maximum Gasteiger partial charge on any atom is 0.305 e. The Morgan fingerprint density at radius 3 is 2.11 bits per heavy atom. The van der Waals surface area contributed by atoms with E-state index in [0.717, 1.165) is 17.0 Å². The zero-order valence-electron chi connectivity index (χ0n) is 22.8. The summed E-state index contributed by atoms with van der Waals surface area (Å²) < 4.78 is 72.6.